The maximum atomic E-state index is 12.3. The van der Waals surface area contributed by atoms with Crippen LogP contribution < -0.4 is 0 Å². The van der Waals surface area contributed by atoms with Gasteiger partial charge in [-0.05, 0) is 62.6 Å². The Bertz CT molecular complexity index is 788. The van der Waals surface area contributed by atoms with E-state index in [2.05, 4.69) is 60.7 Å². The van der Waals surface area contributed by atoms with Gasteiger partial charge < -0.3 is 9.64 Å². The number of rotatable bonds is 4. The number of amides is 1. The molecule has 0 aromatic heterocycles. The standard InChI is InChI=1S/C25H31NO2/c1-25(2,3)28-24(27)26-18-8-11-21(19-26)10-7-9-20-14-16-23(17-15-20)22-12-5-4-6-13-22/h4-7,10,12-17,21H,8-9,11,18-19H2,1-3H3. The van der Waals surface area contributed by atoms with E-state index in [1.54, 1.807) is 0 Å². The maximum absolute atomic E-state index is 12.3. The average molecular weight is 378 g/mol. The summed E-state index contributed by atoms with van der Waals surface area (Å²) < 4.78 is 5.51. The zero-order valence-corrected chi connectivity index (χ0v) is 17.2. The molecule has 1 aliphatic heterocycles. The van der Waals surface area contributed by atoms with Crippen LogP contribution in [0.2, 0.25) is 0 Å². The van der Waals surface area contributed by atoms with Gasteiger partial charge in [-0.15, -0.1) is 0 Å². The van der Waals surface area contributed by atoms with E-state index in [-0.39, 0.29) is 6.09 Å². The number of carbonyl (C=O) groups excluding carboxylic acids is 1. The van der Waals surface area contributed by atoms with Crippen molar-refractivity contribution in [1.82, 2.24) is 4.90 Å². The van der Waals surface area contributed by atoms with Gasteiger partial charge in [-0.25, -0.2) is 4.79 Å². The van der Waals surface area contributed by atoms with Gasteiger partial charge in [-0.1, -0.05) is 66.7 Å². The van der Waals surface area contributed by atoms with Gasteiger partial charge >= 0.3 is 6.09 Å². The van der Waals surface area contributed by atoms with Crippen LogP contribution in [0.5, 0.6) is 0 Å². The molecule has 1 saturated heterocycles. The highest BCUT2D eigenvalue weighted by Crippen LogP contribution is 2.22. The molecule has 1 fully saturated rings. The van der Waals surface area contributed by atoms with Crippen molar-refractivity contribution in [1.29, 1.82) is 0 Å². The molecule has 0 saturated carbocycles. The molecule has 1 atom stereocenters. The van der Waals surface area contributed by atoms with Crippen molar-refractivity contribution in [3.63, 3.8) is 0 Å². The van der Waals surface area contributed by atoms with Crippen molar-refractivity contribution >= 4 is 6.09 Å². The third-order valence-electron chi connectivity index (χ3n) is 4.93. The summed E-state index contributed by atoms with van der Waals surface area (Å²) in [5, 5.41) is 0. The molecular formula is C25H31NO2. The second kappa shape index (κ2) is 9.09. The average Bonchev–Trinajstić information content (AvgIpc) is 2.68. The molecule has 1 amide bonds. The zero-order valence-electron chi connectivity index (χ0n) is 17.2. The van der Waals surface area contributed by atoms with Crippen LogP contribution in [0, 0.1) is 5.92 Å². The summed E-state index contributed by atoms with van der Waals surface area (Å²) in [7, 11) is 0. The van der Waals surface area contributed by atoms with Gasteiger partial charge in [0, 0.05) is 13.1 Å². The van der Waals surface area contributed by atoms with Crippen LogP contribution in [-0.2, 0) is 11.2 Å². The number of piperidine rings is 1. The summed E-state index contributed by atoms with van der Waals surface area (Å²) in [6.45, 7) is 7.28. The largest absolute Gasteiger partial charge is 0.444 e. The van der Waals surface area contributed by atoms with Crippen LogP contribution in [0.3, 0.4) is 0 Å². The number of likely N-dealkylation sites (tertiary alicyclic amines) is 1. The number of nitrogens with zero attached hydrogens (tertiary/aromatic N) is 1. The Hall–Kier alpha value is -2.55. The Labute approximate surface area is 169 Å². The van der Waals surface area contributed by atoms with Crippen LogP contribution in [0.1, 0.15) is 39.2 Å². The summed E-state index contributed by atoms with van der Waals surface area (Å²) in [5.41, 5.74) is 3.35. The number of ether oxygens (including phenoxy) is 1. The number of allylic oxidation sites excluding steroid dienone is 1. The predicted molar refractivity (Wildman–Crippen MR) is 115 cm³/mol. The molecule has 28 heavy (non-hydrogen) atoms. The molecule has 3 heteroatoms. The van der Waals surface area contributed by atoms with E-state index in [0.717, 1.165) is 32.4 Å². The first-order valence-electron chi connectivity index (χ1n) is 10.2. The van der Waals surface area contributed by atoms with Gasteiger partial charge in [0.25, 0.3) is 0 Å². The molecule has 0 spiro atoms. The van der Waals surface area contributed by atoms with Gasteiger partial charge in [-0.3, -0.25) is 0 Å². The molecule has 3 rings (SSSR count). The van der Waals surface area contributed by atoms with Crippen molar-refractivity contribution in [2.75, 3.05) is 13.1 Å². The minimum atomic E-state index is -0.439. The number of carbonyl (C=O) groups is 1. The SMILES string of the molecule is CC(C)(C)OC(=O)N1CCCC(C=CCc2ccc(-c3ccccc3)cc2)C1. The van der Waals surface area contributed by atoms with E-state index in [1.807, 2.05) is 31.7 Å². The van der Waals surface area contributed by atoms with E-state index in [4.69, 9.17) is 4.74 Å². The lowest BCUT2D eigenvalue weighted by Crippen LogP contribution is -2.42. The topological polar surface area (TPSA) is 29.5 Å². The van der Waals surface area contributed by atoms with Crippen LogP contribution >= 0.6 is 0 Å². The summed E-state index contributed by atoms with van der Waals surface area (Å²) >= 11 is 0. The number of hydrogen-bond acceptors (Lipinski definition) is 2. The summed E-state index contributed by atoms with van der Waals surface area (Å²) in [4.78, 5) is 14.1. The minimum absolute atomic E-state index is 0.192. The first-order chi connectivity index (χ1) is 13.4. The summed E-state index contributed by atoms with van der Waals surface area (Å²) in [6.07, 6.45) is 7.38. The molecule has 3 nitrogen and oxygen atoms in total. The lowest BCUT2D eigenvalue weighted by molar-refractivity contribution is 0.0186. The fourth-order valence-electron chi connectivity index (χ4n) is 3.52. The van der Waals surface area contributed by atoms with Crippen molar-refractivity contribution < 1.29 is 9.53 Å². The van der Waals surface area contributed by atoms with Crippen LogP contribution in [0.15, 0.2) is 66.7 Å². The molecular weight excluding hydrogens is 346 g/mol. The Morgan fingerprint density at radius 2 is 1.75 bits per heavy atom. The maximum Gasteiger partial charge on any atom is 0.410 e. The zero-order chi connectivity index (χ0) is 20.0. The molecule has 0 aliphatic carbocycles. The highest BCUT2D eigenvalue weighted by atomic mass is 16.6. The molecule has 0 radical (unpaired) electrons. The molecule has 1 unspecified atom stereocenters. The molecule has 0 bridgehead atoms. The fourth-order valence-corrected chi connectivity index (χ4v) is 3.52. The van der Waals surface area contributed by atoms with Gasteiger partial charge in [0.15, 0.2) is 0 Å². The predicted octanol–water partition coefficient (Wildman–Crippen LogP) is 6.10. The highest BCUT2D eigenvalue weighted by Gasteiger charge is 2.26. The summed E-state index contributed by atoms with van der Waals surface area (Å²) in [5.74, 6) is 0.407. The minimum Gasteiger partial charge on any atom is -0.444 e. The van der Waals surface area contributed by atoms with E-state index < -0.39 is 5.60 Å². The first kappa shape index (κ1) is 20.2. The van der Waals surface area contributed by atoms with Crippen molar-refractivity contribution in [3.05, 3.63) is 72.3 Å². The lowest BCUT2D eigenvalue weighted by atomic mass is 9.97. The second-order valence-electron chi connectivity index (χ2n) is 8.52. The Kier molecular flexibility index (Phi) is 6.56. The first-order valence-corrected chi connectivity index (χ1v) is 10.2. The highest BCUT2D eigenvalue weighted by molar-refractivity contribution is 5.68. The normalized spacial score (nSPS) is 17.7. The van der Waals surface area contributed by atoms with E-state index in [1.165, 1.54) is 16.7 Å². The van der Waals surface area contributed by atoms with Crippen LogP contribution in [-0.4, -0.2) is 29.7 Å². The van der Waals surface area contributed by atoms with E-state index in [9.17, 15) is 4.79 Å². The third-order valence-corrected chi connectivity index (χ3v) is 4.93. The van der Waals surface area contributed by atoms with Crippen molar-refractivity contribution in [2.45, 2.75) is 45.6 Å². The molecule has 148 valence electrons. The fraction of sp³-hybridized carbons (Fsp3) is 0.400. The van der Waals surface area contributed by atoms with E-state index in [0.29, 0.717) is 5.92 Å². The summed E-state index contributed by atoms with van der Waals surface area (Å²) in [6, 6.07) is 19.2. The van der Waals surface area contributed by atoms with Crippen molar-refractivity contribution in [3.8, 4) is 11.1 Å². The molecule has 2 aromatic carbocycles. The Morgan fingerprint density at radius 3 is 2.43 bits per heavy atom. The molecule has 2 aromatic rings. The quantitative estimate of drug-likeness (QED) is 0.603. The molecule has 0 N–H and O–H groups in total. The number of hydrogen-bond donors (Lipinski definition) is 0. The van der Waals surface area contributed by atoms with Gasteiger partial charge in [-0.2, -0.15) is 0 Å². The Morgan fingerprint density at radius 1 is 1.07 bits per heavy atom. The van der Waals surface area contributed by atoms with Gasteiger partial charge in [0.1, 0.15) is 5.60 Å². The van der Waals surface area contributed by atoms with Gasteiger partial charge in [0.2, 0.25) is 0 Å². The third kappa shape index (κ3) is 5.98. The Balaban J connectivity index is 1.52. The smallest absolute Gasteiger partial charge is 0.410 e. The lowest BCUT2D eigenvalue weighted by Gasteiger charge is -2.33. The number of benzene rings is 2. The van der Waals surface area contributed by atoms with Crippen molar-refractivity contribution in [2.24, 2.45) is 5.92 Å². The van der Waals surface area contributed by atoms with E-state index >= 15 is 0 Å². The van der Waals surface area contributed by atoms with Crippen LogP contribution in [0.4, 0.5) is 4.79 Å². The second-order valence-corrected chi connectivity index (χ2v) is 8.52. The molecule has 1 aliphatic rings. The van der Waals surface area contributed by atoms with Crippen LogP contribution in [0.25, 0.3) is 11.1 Å². The monoisotopic (exact) mass is 377 g/mol. The molecule has 1 heterocycles. The van der Waals surface area contributed by atoms with Gasteiger partial charge in [0.05, 0.1) is 0 Å².